The van der Waals surface area contributed by atoms with Crippen LogP contribution in [-0.4, -0.2) is 32.2 Å². The molecule has 1 heterocycles. The number of hydrogen-bond acceptors (Lipinski definition) is 4. The van der Waals surface area contributed by atoms with Gasteiger partial charge in [-0.15, -0.1) is 0 Å². The number of carbonyl (C=O) groups is 2. The Hall–Kier alpha value is -2.24. The van der Waals surface area contributed by atoms with E-state index < -0.39 is 12.1 Å². The second-order valence-corrected chi connectivity index (χ2v) is 3.90. The molecular formula is C12H14N2O4. The first-order valence-electron chi connectivity index (χ1n) is 5.46. The zero-order valence-electron chi connectivity index (χ0n) is 10.1. The summed E-state index contributed by atoms with van der Waals surface area (Å²) in [5.41, 5.74) is 0.805. The second kappa shape index (κ2) is 4.95. The Balaban J connectivity index is 2.21. The fourth-order valence-electron chi connectivity index (χ4n) is 1.86. The first-order chi connectivity index (χ1) is 8.63. The maximum Gasteiger partial charge on any atom is 0.322 e. The first kappa shape index (κ1) is 12.2. The molecule has 0 radical (unpaired) electrons. The van der Waals surface area contributed by atoms with Crippen molar-refractivity contribution < 1.29 is 19.1 Å². The van der Waals surface area contributed by atoms with Crippen molar-refractivity contribution in [1.29, 1.82) is 0 Å². The molecule has 1 atom stereocenters. The predicted molar refractivity (Wildman–Crippen MR) is 63.7 cm³/mol. The van der Waals surface area contributed by atoms with E-state index in [1.54, 1.807) is 32.4 Å². The predicted octanol–water partition coefficient (Wildman–Crippen LogP) is 0.454. The highest BCUT2D eigenvalue weighted by molar-refractivity contribution is 6.04. The largest absolute Gasteiger partial charge is 0.497 e. The van der Waals surface area contributed by atoms with E-state index >= 15 is 0 Å². The molecule has 0 saturated carbocycles. The molecular weight excluding hydrogens is 236 g/mol. The molecule has 2 rings (SSSR count). The van der Waals surface area contributed by atoms with Crippen LogP contribution in [0, 0.1) is 0 Å². The van der Waals surface area contributed by atoms with Crippen molar-refractivity contribution in [3.63, 3.8) is 0 Å². The Kier molecular flexibility index (Phi) is 3.36. The van der Waals surface area contributed by atoms with Gasteiger partial charge in [-0.05, 0) is 18.2 Å². The summed E-state index contributed by atoms with van der Waals surface area (Å²) in [6.07, 6.45) is 0.359. The molecule has 0 bridgehead atoms. The molecule has 96 valence electrons. The smallest absolute Gasteiger partial charge is 0.322 e. The van der Waals surface area contributed by atoms with Crippen molar-refractivity contribution >= 4 is 11.9 Å². The van der Waals surface area contributed by atoms with Crippen LogP contribution in [0.15, 0.2) is 18.2 Å². The molecule has 2 N–H and O–H groups in total. The van der Waals surface area contributed by atoms with Crippen molar-refractivity contribution in [3.8, 4) is 11.5 Å². The van der Waals surface area contributed by atoms with Crippen LogP contribution in [0.1, 0.15) is 5.56 Å². The lowest BCUT2D eigenvalue weighted by Crippen LogP contribution is -2.31. The number of amides is 3. The summed E-state index contributed by atoms with van der Waals surface area (Å²) in [6.45, 7) is 0. The lowest BCUT2D eigenvalue weighted by atomic mass is 10.0. The Labute approximate surface area is 104 Å². The Morgan fingerprint density at radius 1 is 1.22 bits per heavy atom. The van der Waals surface area contributed by atoms with Gasteiger partial charge in [0.05, 0.1) is 14.2 Å². The molecule has 1 aromatic carbocycles. The molecule has 1 aliphatic rings. The van der Waals surface area contributed by atoms with Crippen molar-refractivity contribution in [2.45, 2.75) is 12.5 Å². The number of ether oxygens (including phenoxy) is 2. The van der Waals surface area contributed by atoms with Gasteiger partial charge in [0, 0.05) is 12.0 Å². The van der Waals surface area contributed by atoms with Gasteiger partial charge in [-0.1, -0.05) is 0 Å². The number of urea groups is 1. The molecule has 18 heavy (non-hydrogen) atoms. The number of nitrogens with one attached hydrogen (secondary N) is 2. The first-order valence-corrected chi connectivity index (χ1v) is 5.46. The second-order valence-electron chi connectivity index (χ2n) is 3.90. The van der Waals surface area contributed by atoms with Crippen molar-refractivity contribution in [1.82, 2.24) is 10.6 Å². The van der Waals surface area contributed by atoms with Crippen LogP contribution in [0.25, 0.3) is 0 Å². The van der Waals surface area contributed by atoms with E-state index in [0.29, 0.717) is 17.9 Å². The van der Waals surface area contributed by atoms with Gasteiger partial charge in [-0.25, -0.2) is 4.79 Å². The normalized spacial score (nSPS) is 18.2. The van der Waals surface area contributed by atoms with Gasteiger partial charge in [-0.3, -0.25) is 10.1 Å². The summed E-state index contributed by atoms with van der Waals surface area (Å²) in [7, 11) is 3.12. The summed E-state index contributed by atoms with van der Waals surface area (Å²) in [5, 5.41) is 4.74. The zero-order chi connectivity index (χ0) is 13.1. The molecule has 1 unspecified atom stereocenters. The van der Waals surface area contributed by atoms with Crippen LogP contribution >= 0.6 is 0 Å². The molecule has 6 nitrogen and oxygen atoms in total. The van der Waals surface area contributed by atoms with Gasteiger partial charge in [0.1, 0.15) is 17.5 Å². The van der Waals surface area contributed by atoms with Crippen LogP contribution in [0.4, 0.5) is 4.79 Å². The highest BCUT2D eigenvalue weighted by Gasteiger charge is 2.30. The molecule has 0 spiro atoms. The summed E-state index contributed by atoms with van der Waals surface area (Å²) in [5.74, 6) is 1.00. The standard InChI is InChI=1S/C12H14N2O4/c1-17-8-3-4-10(18-2)7(5-8)6-9-11(15)14-12(16)13-9/h3-5,9H,6H2,1-2H3,(H2,13,14,15,16). The molecule has 1 saturated heterocycles. The third kappa shape index (κ3) is 2.37. The molecule has 0 aliphatic carbocycles. The minimum Gasteiger partial charge on any atom is -0.497 e. The molecule has 6 heteroatoms. The lowest BCUT2D eigenvalue weighted by molar-refractivity contribution is -0.120. The highest BCUT2D eigenvalue weighted by Crippen LogP contribution is 2.25. The molecule has 1 aromatic rings. The number of methoxy groups -OCH3 is 2. The van der Waals surface area contributed by atoms with E-state index in [2.05, 4.69) is 10.6 Å². The van der Waals surface area contributed by atoms with Gasteiger partial charge in [0.2, 0.25) is 0 Å². The van der Waals surface area contributed by atoms with Crippen LogP contribution in [0.5, 0.6) is 11.5 Å². The van der Waals surface area contributed by atoms with E-state index in [4.69, 9.17) is 9.47 Å². The van der Waals surface area contributed by atoms with Crippen molar-refractivity contribution in [2.75, 3.05) is 14.2 Å². The summed E-state index contributed by atoms with van der Waals surface area (Å²) in [4.78, 5) is 22.5. The van der Waals surface area contributed by atoms with Crippen LogP contribution in [0.3, 0.4) is 0 Å². The van der Waals surface area contributed by atoms with Gasteiger partial charge in [0.15, 0.2) is 0 Å². The van der Waals surface area contributed by atoms with E-state index in [9.17, 15) is 9.59 Å². The van der Waals surface area contributed by atoms with Crippen LogP contribution < -0.4 is 20.1 Å². The third-order valence-corrected chi connectivity index (χ3v) is 2.77. The molecule has 1 fully saturated rings. The third-order valence-electron chi connectivity index (χ3n) is 2.77. The lowest BCUT2D eigenvalue weighted by Gasteiger charge is -2.12. The quantitative estimate of drug-likeness (QED) is 0.761. The minimum absolute atomic E-state index is 0.329. The average Bonchev–Trinajstić information content (AvgIpc) is 2.67. The zero-order valence-corrected chi connectivity index (χ0v) is 10.1. The van der Waals surface area contributed by atoms with E-state index in [1.165, 1.54) is 0 Å². The van der Waals surface area contributed by atoms with Crippen LogP contribution in [0.2, 0.25) is 0 Å². The number of imide groups is 1. The summed E-state index contributed by atoms with van der Waals surface area (Å²) >= 11 is 0. The fraction of sp³-hybridized carbons (Fsp3) is 0.333. The Bertz CT molecular complexity index is 487. The maximum atomic E-state index is 11.5. The number of rotatable bonds is 4. The number of carbonyl (C=O) groups excluding carboxylic acids is 2. The van der Waals surface area contributed by atoms with Gasteiger partial charge >= 0.3 is 6.03 Å². The van der Waals surface area contributed by atoms with Crippen molar-refractivity contribution in [2.24, 2.45) is 0 Å². The van der Waals surface area contributed by atoms with Crippen molar-refractivity contribution in [3.05, 3.63) is 23.8 Å². The number of benzene rings is 1. The SMILES string of the molecule is COc1ccc(OC)c(CC2NC(=O)NC2=O)c1. The average molecular weight is 250 g/mol. The summed E-state index contributed by atoms with van der Waals surface area (Å²) < 4.78 is 10.3. The molecule has 1 aliphatic heterocycles. The van der Waals surface area contributed by atoms with E-state index in [-0.39, 0.29) is 5.91 Å². The highest BCUT2D eigenvalue weighted by atomic mass is 16.5. The fourth-order valence-corrected chi connectivity index (χ4v) is 1.86. The monoisotopic (exact) mass is 250 g/mol. The van der Waals surface area contributed by atoms with E-state index in [0.717, 1.165) is 5.56 Å². The van der Waals surface area contributed by atoms with Gasteiger partial charge in [0.25, 0.3) is 5.91 Å². The molecule has 3 amide bonds. The molecule has 0 aromatic heterocycles. The van der Waals surface area contributed by atoms with E-state index in [1.807, 2.05) is 0 Å². The number of hydrogen-bond donors (Lipinski definition) is 2. The van der Waals surface area contributed by atoms with Crippen LogP contribution in [-0.2, 0) is 11.2 Å². The summed E-state index contributed by atoms with van der Waals surface area (Å²) in [6, 6.07) is 4.29. The topological polar surface area (TPSA) is 76.7 Å². The minimum atomic E-state index is -0.571. The Morgan fingerprint density at radius 3 is 2.56 bits per heavy atom. The Morgan fingerprint density at radius 2 is 2.00 bits per heavy atom. The maximum absolute atomic E-state index is 11.5. The van der Waals surface area contributed by atoms with Gasteiger partial charge < -0.3 is 14.8 Å². The van der Waals surface area contributed by atoms with Gasteiger partial charge in [-0.2, -0.15) is 0 Å².